The summed E-state index contributed by atoms with van der Waals surface area (Å²) >= 11 is 0. The van der Waals surface area contributed by atoms with Gasteiger partial charge in [-0.1, -0.05) is 13.0 Å². The van der Waals surface area contributed by atoms with E-state index >= 15 is 0 Å². The molecule has 29 heavy (non-hydrogen) atoms. The van der Waals surface area contributed by atoms with Gasteiger partial charge in [0.05, 0.1) is 26.4 Å². The Labute approximate surface area is 175 Å². The second-order valence-corrected chi connectivity index (χ2v) is 8.03. The van der Waals surface area contributed by atoms with Crippen molar-refractivity contribution in [3.63, 3.8) is 0 Å². The molecule has 0 radical (unpaired) electrons. The topological polar surface area (TPSA) is 82.1 Å². The molecule has 1 aromatic rings. The normalized spacial score (nSPS) is 12.6. The van der Waals surface area contributed by atoms with Crippen LogP contribution in [0.25, 0.3) is 0 Å². The highest BCUT2D eigenvalue weighted by Crippen LogP contribution is 2.28. The van der Waals surface area contributed by atoms with Crippen molar-refractivity contribution in [2.75, 3.05) is 38.9 Å². The monoisotopic (exact) mass is 425 g/mol. The third-order valence-corrected chi connectivity index (χ3v) is 5.72. The minimum absolute atomic E-state index is 0.0874. The molecule has 8 heteroatoms. The number of allylic oxidation sites excluding steroid dienone is 1. The maximum absolute atomic E-state index is 12.8. The van der Waals surface area contributed by atoms with E-state index in [9.17, 15) is 13.8 Å². The summed E-state index contributed by atoms with van der Waals surface area (Å²) in [5, 5.41) is 0. The highest BCUT2D eigenvalue weighted by atomic mass is 32.2. The maximum Gasteiger partial charge on any atom is 0.335 e. The first kappa shape index (κ1) is 24.7. The molecule has 0 aliphatic rings. The van der Waals surface area contributed by atoms with E-state index in [2.05, 4.69) is 0 Å². The van der Waals surface area contributed by atoms with Crippen LogP contribution in [-0.4, -0.2) is 59.9 Å². The Morgan fingerprint density at radius 1 is 1.07 bits per heavy atom. The number of nitrogens with zero attached hydrogens (tertiary/aromatic N) is 1. The average molecular weight is 426 g/mol. The van der Waals surface area contributed by atoms with Crippen LogP contribution in [0, 0.1) is 0 Å². The molecule has 7 nitrogen and oxygen atoms in total. The molecule has 0 saturated heterocycles. The van der Waals surface area contributed by atoms with Gasteiger partial charge in [0.2, 0.25) is 5.91 Å². The van der Waals surface area contributed by atoms with Crippen molar-refractivity contribution >= 4 is 22.7 Å². The van der Waals surface area contributed by atoms with Gasteiger partial charge in [-0.05, 0) is 44.9 Å². The van der Waals surface area contributed by atoms with E-state index in [0.717, 1.165) is 5.56 Å². The molecule has 0 saturated carbocycles. The van der Waals surface area contributed by atoms with Gasteiger partial charge in [0.15, 0.2) is 11.5 Å². The quantitative estimate of drug-likeness (QED) is 0.400. The molecule has 1 amide bonds. The van der Waals surface area contributed by atoms with Gasteiger partial charge in [-0.3, -0.25) is 9.00 Å². The van der Waals surface area contributed by atoms with E-state index in [1.807, 2.05) is 12.1 Å². The second kappa shape index (κ2) is 12.3. The van der Waals surface area contributed by atoms with Gasteiger partial charge >= 0.3 is 5.97 Å². The Hall–Kier alpha value is -2.35. The fraction of sp³-hybridized carbons (Fsp3) is 0.524. The highest BCUT2D eigenvalue weighted by Gasteiger charge is 2.22. The summed E-state index contributed by atoms with van der Waals surface area (Å²) in [6.45, 7) is 7.41. The van der Waals surface area contributed by atoms with Crippen molar-refractivity contribution < 1.29 is 28.0 Å². The molecule has 1 atom stereocenters. The van der Waals surface area contributed by atoms with E-state index in [4.69, 9.17) is 14.2 Å². The fourth-order valence-electron chi connectivity index (χ4n) is 2.66. The number of rotatable bonds is 11. The Morgan fingerprint density at radius 3 is 2.28 bits per heavy atom. The van der Waals surface area contributed by atoms with E-state index in [1.54, 1.807) is 48.0 Å². The van der Waals surface area contributed by atoms with Crippen LogP contribution in [0.4, 0.5) is 0 Å². The standard InChI is InChI=1S/C21H31NO6S/c1-7-28-21(24)15(3)16(4)22(20(23)14-29(25)8-2)12-11-17-9-10-18(26-5)19(13-17)27-6/h9-10,13H,7-8,11-12,14H2,1-6H3/b16-15+. The molecule has 0 N–H and O–H groups in total. The van der Waals surface area contributed by atoms with Crippen molar-refractivity contribution in [2.24, 2.45) is 0 Å². The van der Waals surface area contributed by atoms with E-state index in [0.29, 0.717) is 41.5 Å². The summed E-state index contributed by atoms with van der Waals surface area (Å²) in [5.41, 5.74) is 1.80. The van der Waals surface area contributed by atoms with Gasteiger partial charge in [-0.2, -0.15) is 0 Å². The summed E-state index contributed by atoms with van der Waals surface area (Å²) < 4.78 is 27.5. The lowest BCUT2D eigenvalue weighted by Gasteiger charge is -2.25. The number of hydrogen-bond donors (Lipinski definition) is 0. The largest absolute Gasteiger partial charge is 0.493 e. The number of hydrogen-bond acceptors (Lipinski definition) is 6. The van der Waals surface area contributed by atoms with E-state index in [1.165, 1.54) is 4.90 Å². The Bertz CT molecular complexity index is 774. The number of amides is 1. The number of methoxy groups -OCH3 is 2. The zero-order valence-corrected chi connectivity index (χ0v) is 18.9. The molecule has 0 spiro atoms. The molecule has 0 aromatic heterocycles. The smallest absolute Gasteiger partial charge is 0.335 e. The lowest BCUT2D eigenvalue weighted by molar-refractivity contribution is -0.138. The predicted octanol–water partition coefficient (Wildman–Crippen LogP) is 2.70. The number of esters is 1. The van der Waals surface area contributed by atoms with Gasteiger partial charge in [0.1, 0.15) is 5.75 Å². The van der Waals surface area contributed by atoms with Crippen LogP contribution in [0.3, 0.4) is 0 Å². The summed E-state index contributed by atoms with van der Waals surface area (Å²) in [5.74, 6) is 0.782. The van der Waals surface area contributed by atoms with Crippen LogP contribution in [0.1, 0.15) is 33.3 Å². The first-order valence-corrected chi connectivity index (χ1v) is 11.0. The van der Waals surface area contributed by atoms with Crippen LogP contribution < -0.4 is 9.47 Å². The molecular weight excluding hydrogens is 394 g/mol. The number of carbonyl (C=O) groups excluding carboxylic acids is 2. The maximum atomic E-state index is 12.8. The first-order chi connectivity index (χ1) is 13.8. The van der Waals surface area contributed by atoms with Gasteiger partial charge in [0, 0.05) is 28.8 Å². The Balaban J connectivity index is 3.11. The lowest BCUT2D eigenvalue weighted by atomic mass is 10.1. The first-order valence-electron chi connectivity index (χ1n) is 9.49. The zero-order valence-electron chi connectivity index (χ0n) is 18.1. The number of ether oxygens (including phenoxy) is 3. The van der Waals surface area contributed by atoms with Crippen molar-refractivity contribution in [1.82, 2.24) is 4.90 Å². The molecule has 162 valence electrons. The molecule has 0 bridgehead atoms. The van der Waals surface area contributed by atoms with Crippen LogP contribution in [0.2, 0.25) is 0 Å². The van der Waals surface area contributed by atoms with Gasteiger partial charge in [-0.25, -0.2) is 4.79 Å². The molecule has 1 unspecified atom stereocenters. The SMILES string of the molecule is CCOC(=O)/C(C)=C(\C)N(CCc1ccc(OC)c(OC)c1)C(=O)CS(=O)CC. The van der Waals surface area contributed by atoms with Gasteiger partial charge in [-0.15, -0.1) is 0 Å². The summed E-state index contributed by atoms with van der Waals surface area (Å²) in [4.78, 5) is 26.4. The molecule has 0 aliphatic carbocycles. The predicted molar refractivity (Wildman–Crippen MR) is 114 cm³/mol. The number of benzene rings is 1. The molecule has 0 aliphatic heterocycles. The van der Waals surface area contributed by atoms with E-state index < -0.39 is 16.8 Å². The minimum Gasteiger partial charge on any atom is -0.493 e. The zero-order chi connectivity index (χ0) is 22.0. The van der Waals surface area contributed by atoms with Crippen LogP contribution in [0.5, 0.6) is 11.5 Å². The van der Waals surface area contributed by atoms with Crippen LogP contribution in [0.15, 0.2) is 29.5 Å². The Kier molecular flexibility index (Phi) is 10.4. The molecule has 1 rings (SSSR count). The highest BCUT2D eigenvalue weighted by molar-refractivity contribution is 7.85. The molecule has 0 heterocycles. The minimum atomic E-state index is -1.25. The second-order valence-electron chi connectivity index (χ2n) is 6.29. The average Bonchev–Trinajstić information content (AvgIpc) is 2.72. The molecular formula is C21H31NO6S. The van der Waals surface area contributed by atoms with Crippen molar-refractivity contribution in [2.45, 2.75) is 34.1 Å². The van der Waals surface area contributed by atoms with Crippen molar-refractivity contribution in [3.05, 3.63) is 35.0 Å². The fourth-order valence-corrected chi connectivity index (χ4v) is 3.30. The molecule has 0 fully saturated rings. The van der Waals surface area contributed by atoms with Gasteiger partial charge < -0.3 is 19.1 Å². The van der Waals surface area contributed by atoms with E-state index in [-0.39, 0.29) is 18.3 Å². The molecule has 1 aromatic carbocycles. The van der Waals surface area contributed by atoms with Crippen LogP contribution in [-0.2, 0) is 31.5 Å². The van der Waals surface area contributed by atoms with Crippen molar-refractivity contribution in [3.8, 4) is 11.5 Å². The van der Waals surface area contributed by atoms with Crippen molar-refractivity contribution in [1.29, 1.82) is 0 Å². The van der Waals surface area contributed by atoms with Gasteiger partial charge in [0.25, 0.3) is 0 Å². The third kappa shape index (κ3) is 7.20. The lowest BCUT2D eigenvalue weighted by Crippen LogP contribution is -2.36. The van der Waals surface area contributed by atoms with Crippen LogP contribution >= 0.6 is 0 Å². The number of carbonyl (C=O) groups is 2. The summed E-state index contributed by atoms with van der Waals surface area (Å²) in [7, 11) is 1.88. The summed E-state index contributed by atoms with van der Waals surface area (Å²) in [6.07, 6.45) is 0.526. The third-order valence-electron chi connectivity index (χ3n) is 4.51. The summed E-state index contributed by atoms with van der Waals surface area (Å²) in [6, 6.07) is 5.55. The Morgan fingerprint density at radius 2 is 1.72 bits per heavy atom.